The summed E-state index contributed by atoms with van der Waals surface area (Å²) in [6.45, 7) is 3.96. The second-order valence-electron chi connectivity index (χ2n) is 3.64. The van der Waals surface area contributed by atoms with Gasteiger partial charge in [0.25, 0.3) is 0 Å². The Morgan fingerprint density at radius 2 is 2.27 bits per heavy atom. The Morgan fingerprint density at radius 1 is 1.47 bits per heavy atom. The van der Waals surface area contributed by atoms with Crippen LogP contribution in [0.25, 0.3) is 0 Å². The van der Waals surface area contributed by atoms with Crippen LogP contribution >= 0.6 is 0 Å². The zero-order valence-corrected chi connectivity index (χ0v) is 9.82. The predicted molar refractivity (Wildman–Crippen MR) is 63.0 cm³/mol. The van der Waals surface area contributed by atoms with Gasteiger partial charge in [0.1, 0.15) is 11.6 Å². The van der Waals surface area contributed by atoms with Gasteiger partial charge in [-0.3, -0.25) is 0 Å². The summed E-state index contributed by atoms with van der Waals surface area (Å²) in [6.07, 6.45) is 4.22. The van der Waals surface area contributed by atoms with Crippen LogP contribution in [0.5, 0.6) is 0 Å². The number of anilines is 1. The minimum atomic E-state index is 0.718. The van der Waals surface area contributed by atoms with Crippen LogP contribution in [0.2, 0.25) is 0 Å². The van der Waals surface area contributed by atoms with E-state index < -0.39 is 0 Å². The van der Waals surface area contributed by atoms with Crippen molar-refractivity contribution in [2.45, 2.75) is 26.3 Å². The zero-order chi connectivity index (χ0) is 11.1. The maximum absolute atomic E-state index is 4.47. The fourth-order valence-electron chi connectivity index (χ4n) is 1.35. The van der Waals surface area contributed by atoms with Gasteiger partial charge in [-0.15, -0.1) is 0 Å². The average Bonchev–Trinajstić information content (AvgIpc) is 2.27. The summed E-state index contributed by atoms with van der Waals surface area (Å²) in [5.41, 5.74) is 0. The smallest absolute Gasteiger partial charge is 0.144 e. The first-order valence-corrected chi connectivity index (χ1v) is 5.45. The van der Waals surface area contributed by atoms with E-state index in [-0.39, 0.29) is 0 Å². The minimum absolute atomic E-state index is 0.718. The van der Waals surface area contributed by atoms with Crippen LogP contribution in [0.15, 0.2) is 12.3 Å². The molecule has 1 rings (SSSR count). The van der Waals surface area contributed by atoms with Crippen LogP contribution in [-0.4, -0.2) is 30.6 Å². The third-order valence-electron chi connectivity index (χ3n) is 2.26. The average molecular weight is 208 g/mol. The molecule has 1 aromatic heterocycles. The maximum Gasteiger partial charge on any atom is 0.144 e. The van der Waals surface area contributed by atoms with E-state index >= 15 is 0 Å². The molecular weight excluding hydrogens is 188 g/mol. The Kier molecular flexibility index (Phi) is 5.04. The quantitative estimate of drug-likeness (QED) is 0.768. The Morgan fingerprint density at radius 3 is 2.93 bits per heavy atom. The predicted octanol–water partition coefficient (Wildman–Crippen LogP) is 1.43. The molecule has 15 heavy (non-hydrogen) atoms. The lowest BCUT2D eigenvalue weighted by atomic mass is 10.3. The van der Waals surface area contributed by atoms with Crippen molar-refractivity contribution in [3.63, 3.8) is 0 Å². The first-order valence-electron chi connectivity index (χ1n) is 5.45. The topological polar surface area (TPSA) is 41.1 Å². The molecule has 0 atom stereocenters. The molecule has 0 saturated carbocycles. The van der Waals surface area contributed by atoms with Crippen molar-refractivity contribution in [3.05, 3.63) is 18.1 Å². The van der Waals surface area contributed by atoms with Crippen molar-refractivity contribution in [1.29, 1.82) is 0 Å². The summed E-state index contributed by atoms with van der Waals surface area (Å²) in [4.78, 5) is 10.8. The Balaban J connectivity index is 2.62. The molecule has 0 radical (unpaired) electrons. The molecule has 4 heteroatoms. The number of hydrogen-bond donors (Lipinski definition) is 1. The van der Waals surface area contributed by atoms with Gasteiger partial charge in [0.15, 0.2) is 0 Å². The fraction of sp³-hybridized carbons (Fsp3) is 0.636. The first-order chi connectivity index (χ1) is 7.27. The molecule has 1 aromatic rings. The van der Waals surface area contributed by atoms with Crippen LogP contribution in [-0.2, 0) is 6.54 Å². The van der Waals surface area contributed by atoms with E-state index in [2.05, 4.69) is 34.2 Å². The molecule has 0 amide bonds. The van der Waals surface area contributed by atoms with E-state index in [0.717, 1.165) is 24.7 Å². The van der Waals surface area contributed by atoms with Crippen LogP contribution < -0.4 is 10.2 Å². The molecule has 0 fully saturated rings. The van der Waals surface area contributed by atoms with Crippen LogP contribution in [0.3, 0.4) is 0 Å². The summed E-state index contributed by atoms with van der Waals surface area (Å²) in [5, 5.41) is 3.05. The van der Waals surface area contributed by atoms with Crippen molar-refractivity contribution in [1.82, 2.24) is 15.3 Å². The largest absolute Gasteiger partial charge is 0.360 e. The van der Waals surface area contributed by atoms with Gasteiger partial charge in [-0.1, -0.05) is 13.3 Å². The highest BCUT2D eigenvalue weighted by molar-refractivity contribution is 5.35. The molecule has 84 valence electrons. The van der Waals surface area contributed by atoms with E-state index in [9.17, 15) is 0 Å². The highest BCUT2D eigenvalue weighted by Crippen LogP contribution is 2.08. The van der Waals surface area contributed by atoms with Gasteiger partial charge in [-0.05, 0) is 19.5 Å². The molecule has 1 N–H and O–H groups in total. The van der Waals surface area contributed by atoms with Crippen molar-refractivity contribution in [3.8, 4) is 0 Å². The number of nitrogens with zero attached hydrogens (tertiary/aromatic N) is 3. The molecule has 0 unspecified atom stereocenters. The summed E-state index contributed by atoms with van der Waals surface area (Å²) in [5.74, 6) is 1.85. The van der Waals surface area contributed by atoms with Gasteiger partial charge < -0.3 is 10.2 Å². The van der Waals surface area contributed by atoms with Gasteiger partial charge in [-0.25, -0.2) is 9.97 Å². The monoisotopic (exact) mass is 208 g/mol. The molecule has 0 saturated heterocycles. The lowest BCUT2D eigenvalue weighted by Crippen LogP contribution is -2.21. The Bertz CT molecular complexity index is 288. The van der Waals surface area contributed by atoms with Gasteiger partial charge in [-0.2, -0.15) is 0 Å². The maximum atomic E-state index is 4.47. The second kappa shape index (κ2) is 6.35. The molecule has 0 bridgehead atoms. The highest BCUT2D eigenvalue weighted by Gasteiger charge is 2.03. The molecule has 0 aliphatic heterocycles. The second-order valence-corrected chi connectivity index (χ2v) is 3.64. The molecule has 0 aliphatic rings. The van der Waals surface area contributed by atoms with Crippen LogP contribution in [0, 0.1) is 0 Å². The van der Waals surface area contributed by atoms with Gasteiger partial charge in [0, 0.05) is 19.8 Å². The number of rotatable bonds is 6. The lowest BCUT2D eigenvalue weighted by molar-refractivity contribution is 0.732. The molecule has 1 heterocycles. The van der Waals surface area contributed by atoms with E-state index in [0.29, 0.717) is 0 Å². The van der Waals surface area contributed by atoms with E-state index in [1.165, 1.54) is 12.8 Å². The molecule has 0 aliphatic carbocycles. The number of nitrogens with one attached hydrogen (secondary N) is 1. The zero-order valence-electron chi connectivity index (χ0n) is 9.82. The van der Waals surface area contributed by atoms with Crippen LogP contribution in [0.1, 0.15) is 25.6 Å². The van der Waals surface area contributed by atoms with E-state index in [1.807, 2.05) is 19.3 Å². The molecular formula is C11H20N4. The van der Waals surface area contributed by atoms with Gasteiger partial charge in [0.05, 0.1) is 6.54 Å². The SMILES string of the molecule is CCCCN(C)c1ccnc(CNC)n1. The van der Waals surface area contributed by atoms with Crippen molar-refractivity contribution >= 4 is 5.82 Å². The van der Waals surface area contributed by atoms with E-state index in [4.69, 9.17) is 0 Å². The van der Waals surface area contributed by atoms with Gasteiger partial charge in [0.2, 0.25) is 0 Å². The van der Waals surface area contributed by atoms with Crippen LogP contribution in [0.4, 0.5) is 5.82 Å². The molecule has 4 nitrogen and oxygen atoms in total. The fourth-order valence-corrected chi connectivity index (χ4v) is 1.35. The molecule has 0 aromatic carbocycles. The van der Waals surface area contributed by atoms with Crippen molar-refractivity contribution in [2.75, 3.05) is 25.5 Å². The standard InChI is InChI=1S/C11H20N4/c1-4-5-8-15(3)11-6-7-13-10(14-11)9-12-2/h6-7,12H,4-5,8-9H2,1-3H3. The number of aromatic nitrogens is 2. The summed E-state index contributed by atoms with van der Waals surface area (Å²) >= 11 is 0. The summed E-state index contributed by atoms with van der Waals surface area (Å²) < 4.78 is 0. The normalized spacial score (nSPS) is 10.3. The lowest BCUT2D eigenvalue weighted by Gasteiger charge is -2.17. The summed E-state index contributed by atoms with van der Waals surface area (Å²) in [7, 11) is 3.97. The minimum Gasteiger partial charge on any atom is -0.360 e. The highest BCUT2D eigenvalue weighted by atomic mass is 15.2. The third-order valence-corrected chi connectivity index (χ3v) is 2.26. The van der Waals surface area contributed by atoms with Crippen molar-refractivity contribution in [2.24, 2.45) is 0 Å². The summed E-state index contributed by atoms with van der Waals surface area (Å²) in [6, 6.07) is 1.95. The Hall–Kier alpha value is -1.16. The van der Waals surface area contributed by atoms with E-state index in [1.54, 1.807) is 0 Å². The Labute approximate surface area is 91.7 Å². The first kappa shape index (κ1) is 11.9. The van der Waals surface area contributed by atoms with Crippen molar-refractivity contribution < 1.29 is 0 Å². The molecule has 0 spiro atoms. The van der Waals surface area contributed by atoms with Gasteiger partial charge >= 0.3 is 0 Å². The number of hydrogen-bond acceptors (Lipinski definition) is 4. The number of unbranched alkanes of at least 4 members (excludes halogenated alkanes) is 1. The third kappa shape index (κ3) is 3.83.